The smallest absolute Gasteiger partial charge is 2.00 e. The molecule has 50 valence electrons. The molecule has 0 aliphatic carbocycles. The van der Waals surface area contributed by atoms with E-state index in [0.717, 1.165) is 0 Å². The predicted octanol–water partition coefficient (Wildman–Crippen LogP) is -2.57. The topological polar surface area (TPSA) is 91.7 Å². The van der Waals surface area contributed by atoms with Crippen LogP contribution in [0.5, 0.6) is 0 Å². The van der Waals surface area contributed by atoms with Gasteiger partial charge in [0.25, 0.3) is 0 Å². The zero-order valence-electron chi connectivity index (χ0n) is 2.74. The van der Waals surface area contributed by atoms with Gasteiger partial charge in [0.2, 0.25) is 0 Å². The number of hydrogen-bond donors (Lipinski definition) is 0. The maximum Gasteiger partial charge on any atom is 2.00 e. The fourth-order valence-corrected chi connectivity index (χ4v) is 0. The maximum atomic E-state index is 8.33. The molecule has 0 aromatic heterocycles. The van der Waals surface area contributed by atoms with Gasteiger partial charge < -0.3 is 20.5 Å². The van der Waals surface area contributed by atoms with Crippen molar-refractivity contribution in [3.63, 3.8) is 0 Å². The van der Waals surface area contributed by atoms with Gasteiger partial charge in [-0.05, 0) is 6.16 Å². The second kappa shape index (κ2) is 16.3. The third kappa shape index (κ3) is 1580. The van der Waals surface area contributed by atoms with Crippen molar-refractivity contribution in [1.82, 2.24) is 0 Å². The van der Waals surface area contributed by atoms with E-state index in [1.807, 2.05) is 0 Å². The second-order valence-corrected chi connectivity index (χ2v) is 0.250. The average Bonchev–Trinajstić information content (AvgIpc) is 0.811. The molecule has 0 spiro atoms. The average molecular weight is 203 g/mol. The minimum absolute atomic E-state index is 0. The van der Waals surface area contributed by atoms with E-state index in [2.05, 4.69) is 0 Å². The van der Waals surface area contributed by atoms with Crippen LogP contribution in [0, 0.1) is 0 Å². The van der Waals surface area contributed by atoms with E-state index in [9.17, 15) is 0 Å². The molecule has 0 aliphatic rings. The Morgan fingerprint density at radius 2 is 1.14 bits per heavy atom. The minimum Gasteiger partial charge on any atom is -2.00 e. The van der Waals surface area contributed by atoms with Gasteiger partial charge in [0, 0.05) is 0 Å². The van der Waals surface area contributed by atoms with E-state index in [1.54, 1.807) is 0 Å². The molecule has 2 radical (unpaired) electrons. The summed E-state index contributed by atoms with van der Waals surface area (Å²) in [7, 11) is 0. The number of hydrogen-bond acceptors (Lipinski definition) is 3. The molecule has 7 heavy (non-hydrogen) atoms. The van der Waals surface area contributed by atoms with Crippen LogP contribution < -0.4 is 10.2 Å². The standard InChI is InChI=1S/CH2O3.2Cu.O/c2-1(3)4;;;/h(H2,2,3,4);;;/q;2*+2;-2/p-2. The molecular weight excluding hydrogens is 203 g/mol. The van der Waals surface area contributed by atoms with Gasteiger partial charge in [-0.3, -0.25) is 0 Å². The molecule has 0 saturated heterocycles. The Balaban J connectivity index is -0.0000000150. The number of carbonyl (C=O) groups is 1. The Hall–Kier alpha value is 0.269. The summed E-state index contributed by atoms with van der Waals surface area (Å²) in [4.78, 5) is 8.33. The molecule has 0 bridgehead atoms. The zero-order valence-corrected chi connectivity index (χ0v) is 4.62. The van der Waals surface area contributed by atoms with Gasteiger partial charge in [-0.15, -0.1) is 0 Å². The van der Waals surface area contributed by atoms with Crippen molar-refractivity contribution in [2.75, 3.05) is 0 Å². The molecule has 0 fully saturated rings. The Morgan fingerprint density at radius 3 is 1.14 bits per heavy atom. The number of carbonyl (C=O) groups excluding carboxylic acids is 1. The van der Waals surface area contributed by atoms with Crippen molar-refractivity contribution in [2.24, 2.45) is 0 Å². The second-order valence-electron chi connectivity index (χ2n) is 0.250. The summed E-state index contributed by atoms with van der Waals surface area (Å²) in [5.41, 5.74) is 0. The van der Waals surface area contributed by atoms with E-state index in [1.165, 1.54) is 0 Å². The van der Waals surface area contributed by atoms with Crippen molar-refractivity contribution in [1.29, 1.82) is 0 Å². The van der Waals surface area contributed by atoms with Crippen LogP contribution in [-0.2, 0) is 39.6 Å². The van der Waals surface area contributed by atoms with Gasteiger partial charge in [0.1, 0.15) is 0 Å². The van der Waals surface area contributed by atoms with Crippen LogP contribution in [0.3, 0.4) is 0 Å². The van der Waals surface area contributed by atoms with Gasteiger partial charge in [0.05, 0.1) is 0 Å². The normalized spacial score (nSPS) is 3.43. The Bertz CT molecular complexity index is 32.7. The molecule has 6 heteroatoms. The molecular formula is CCu2O4. The minimum atomic E-state index is -2.33. The van der Waals surface area contributed by atoms with Gasteiger partial charge in [-0.1, -0.05) is 0 Å². The summed E-state index contributed by atoms with van der Waals surface area (Å²) in [6.45, 7) is 0. The van der Waals surface area contributed by atoms with Crippen molar-refractivity contribution in [3.8, 4) is 0 Å². The van der Waals surface area contributed by atoms with E-state index in [4.69, 9.17) is 15.0 Å². The summed E-state index contributed by atoms with van der Waals surface area (Å²) in [5, 5.41) is 16.7. The fourth-order valence-electron chi connectivity index (χ4n) is 0. The Labute approximate surface area is 61.2 Å². The first-order valence-corrected chi connectivity index (χ1v) is 0.612. The molecule has 0 aromatic carbocycles. The summed E-state index contributed by atoms with van der Waals surface area (Å²) in [5.74, 6) is 0. The quantitative estimate of drug-likeness (QED) is 0.405. The molecule has 0 unspecified atom stereocenters. The third-order valence-corrected chi connectivity index (χ3v) is 0. The predicted molar refractivity (Wildman–Crippen MR) is 6.08 cm³/mol. The summed E-state index contributed by atoms with van der Waals surface area (Å²) in [6.07, 6.45) is -2.33. The van der Waals surface area contributed by atoms with Crippen molar-refractivity contribution < 1.29 is 54.6 Å². The number of carboxylic acid groups (broad SMARTS) is 2. The third-order valence-electron chi connectivity index (χ3n) is 0. The van der Waals surface area contributed by atoms with Crippen molar-refractivity contribution in [2.45, 2.75) is 0 Å². The monoisotopic (exact) mass is 202 g/mol. The van der Waals surface area contributed by atoms with E-state index in [-0.39, 0.29) is 39.6 Å². The first kappa shape index (κ1) is 26.7. The van der Waals surface area contributed by atoms with E-state index in [0.29, 0.717) is 0 Å². The van der Waals surface area contributed by atoms with Crippen molar-refractivity contribution in [3.05, 3.63) is 0 Å². The van der Waals surface area contributed by atoms with Gasteiger partial charge >= 0.3 is 34.1 Å². The summed E-state index contributed by atoms with van der Waals surface area (Å²) in [6, 6.07) is 0. The van der Waals surface area contributed by atoms with Crippen LogP contribution in [0.1, 0.15) is 0 Å². The van der Waals surface area contributed by atoms with Gasteiger partial charge in [-0.2, -0.15) is 0 Å². The molecule has 4 nitrogen and oxygen atoms in total. The SMILES string of the molecule is O=C([O-])[O-].[Cu+2].[Cu+2].[O-2]. The molecule has 0 aliphatic heterocycles. The van der Waals surface area contributed by atoms with Crippen LogP contribution >= 0.6 is 0 Å². The van der Waals surface area contributed by atoms with Crippen LogP contribution in [0.4, 0.5) is 4.79 Å². The molecule has 0 saturated carbocycles. The van der Waals surface area contributed by atoms with Crippen molar-refractivity contribution >= 4 is 6.16 Å². The van der Waals surface area contributed by atoms with Crippen LogP contribution in [0.15, 0.2) is 0 Å². The van der Waals surface area contributed by atoms with Crippen LogP contribution in [0.25, 0.3) is 0 Å². The Morgan fingerprint density at radius 1 is 1.14 bits per heavy atom. The Kier molecular flexibility index (Phi) is 62.2. The molecule has 0 aromatic rings. The molecule has 0 atom stereocenters. The summed E-state index contributed by atoms with van der Waals surface area (Å²) < 4.78 is 0. The van der Waals surface area contributed by atoms with E-state index < -0.39 is 6.16 Å². The maximum absolute atomic E-state index is 8.33. The molecule has 0 rings (SSSR count). The largest absolute Gasteiger partial charge is 2.00 e. The zero-order chi connectivity index (χ0) is 3.58. The molecule has 0 N–H and O–H groups in total. The van der Waals surface area contributed by atoms with Crippen LogP contribution in [0.2, 0.25) is 0 Å². The molecule has 0 heterocycles. The first-order chi connectivity index (χ1) is 1.73. The first-order valence-electron chi connectivity index (χ1n) is 0.612. The van der Waals surface area contributed by atoms with Gasteiger partial charge in [-0.25, -0.2) is 0 Å². The number of rotatable bonds is 0. The fraction of sp³-hybridized carbons (Fsp3) is 0. The van der Waals surface area contributed by atoms with Gasteiger partial charge in [0.15, 0.2) is 0 Å². The summed E-state index contributed by atoms with van der Waals surface area (Å²) >= 11 is 0. The van der Waals surface area contributed by atoms with E-state index >= 15 is 0 Å². The van der Waals surface area contributed by atoms with Crippen LogP contribution in [-0.4, -0.2) is 6.16 Å². The molecule has 0 amide bonds.